The van der Waals surface area contributed by atoms with E-state index in [2.05, 4.69) is 26.0 Å². The average Bonchev–Trinajstić information content (AvgIpc) is 2.59. The molecule has 2 rings (SSSR count). The molecule has 0 saturated carbocycles. The van der Waals surface area contributed by atoms with Crippen LogP contribution in [0.5, 0.6) is 0 Å². The van der Waals surface area contributed by atoms with E-state index in [9.17, 15) is 4.79 Å². The molecule has 0 fully saturated rings. The Morgan fingerprint density at radius 2 is 1.93 bits per heavy atom. The summed E-state index contributed by atoms with van der Waals surface area (Å²) in [5.41, 5.74) is 3.69. The maximum atomic E-state index is 11.3. The minimum absolute atomic E-state index is 0.172. The van der Waals surface area contributed by atoms with Gasteiger partial charge in [-0.15, -0.1) is 0 Å². The number of rotatable bonds is 2. The maximum Gasteiger partial charge on any atom is 0.159 e. The van der Waals surface area contributed by atoms with Gasteiger partial charge < -0.3 is 0 Å². The highest BCUT2D eigenvalue weighted by Gasteiger charge is 2.24. The molecule has 15 heavy (non-hydrogen) atoms. The first-order chi connectivity index (χ1) is 7.08. The van der Waals surface area contributed by atoms with Gasteiger partial charge in [-0.3, -0.25) is 4.79 Å². The number of fused-ring (bicyclic) bond motifs is 1. The van der Waals surface area contributed by atoms with E-state index in [4.69, 9.17) is 0 Å². The van der Waals surface area contributed by atoms with Crippen LogP contribution >= 0.6 is 0 Å². The molecule has 0 spiro atoms. The summed E-state index contributed by atoms with van der Waals surface area (Å²) in [6, 6.07) is 6.18. The monoisotopic (exact) mass is 202 g/mol. The Kier molecular flexibility index (Phi) is 2.64. The molecule has 1 aliphatic rings. The summed E-state index contributed by atoms with van der Waals surface area (Å²) >= 11 is 0. The van der Waals surface area contributed by atoms with Crippen molar-refractivity contribution in [3.05, 3.63) is 34.9 Å². The Labute approximate surface area is 91.5 Å². The third-order valence-corrected chi connectivity index (χ3v) is 3.52. The van der Waals surface area contributed by atoms with Crippen molar-refractivity contribution in [3.8, 4) is 0 Å². The number of benzene rings is 1. The fourth-order valence-corrected chi connectivity index (χ4v) is 2.34. The number of hydrogen-bond acceptors (Lipinski definition) is 1. The van der Waals surface area contributed by atoms with Crippen molar-refractivity contribution < 1.29 is 4.79 Å². The van der Waals surface area contributed by atoms with Crippen molar-refractivity contribution in [1.82, 2.24) is 0 Å². The van der Waals surface area contributed by atoms with Gasteiger partial charge in [0.05, 0.1) is 0 Å². The first-order valence-electron chi connectivity index (χ1n) is 5.70. The van der Waals surface area contributed by atoms with Gasteiger partial charge in [0.1, 0.15) is 0 Å². The minimum Gasteiger partial charge on any atom is -0.295 e. The molecule has 1 aromatic rings. The van der Waals surface area contributed by atoms with E-state index in [0.29, 0.717) is 0 Å². The molecule has 0 N–H and O–H groups in total. The molecule has 0 bridgehead atoms. The number of ketones is 1. The van der Waals surface area contributed by atoms with E-state index in [1.807, 2.05) is 6.07 Å². The second-order valence-corrected chi connectivity index (χ2v) is 4.95. The van der Waals surface area contributed by atoms with Crippen molar-refractivity contribution >= 4 is 5.78 Å². The third kappa shape index (κ3) is 1.97. The minimum atomic E-state index is 0.172. The lowest BCUT2D eigenvalue weighted by molar-refractivity contribution is 0.101. The molecule has 80 valence electrons. The molecular formula is C14H18O. The van der Waals surface area contributed by atoms with Gasteiger partial charge in [0.25, 0.3) is 0 Å². The van der Waals surface area contributed by atoms with Gasteiger partial charge in [-0.25, -0.2) is 0 Å². The van der Waals surface area contributed by atoms with E-state index in [0.717, 1.165) is 23.8 Å². The number of Topliss-reactive ketones (excluding diaryl/α,β-unsaturated/α-hetero) is 1. The van der Waals surface area contributed by atoms with Crippen molar-refractivity contribution in [1.29, 1.82) is 0 Å². The highest BCUT2D eigenvalue weighted by molar-refractivity contribution is 5.94. The molecule has 0 heterocycles. The molecule has 0 amide bonds. The van der Waals surface area contributed by atoms with Gasteiger partial charge in [0, 0.05) is 5.56 Å². The molecule has 0 saturated heterocycles. The van der Waals surface area contributed by atoms with Gasteiger partial charge in [-0.05, 0) is 48.8 Å². The number of hydrogen-bond donors (Lipinski definition) is 0. The molecule has 1 aliphatic carbocycles. The Morgan fingerprint density at radius 1 is 1.27 bits per heavy atom. The third-order valence-electron chi connectivity index (χ3n) is 3.52. The lowest BCUT2D eigenvalue weighted by atomic mass is 9.93. The van der Waals surface area contributed by atoms with Crippen molar-refractivity contribution in [2.24, 2.45) is 11.8 Å². The summed E-state index contributed by atoms with van der Waals surface area (Å²) in [4.78, 5) is 11.3. The van der Waals surface area contributed by atoms with Crippen LogP contribution in [-0.2, 0) is 12.8 Å². The second kappa shape index (κ2) is 3.80. The summed E-state index contributed by atoms with van der Waals surface area (Å²) in [5, 5.41) is 0. The van der Waals surface area contributed by atoms with E-state index in [1.165, 1.54) is 17.5 Å². The van der Waals surface area contributed by atoms with E-state index in [-0.39, 0.29) is 5.78 Å². The van der Waals surface area contributed by atoms with Crippen LogP contribution in [0.1, 0.15) is 42.3 Å². The standard InChI is InChI=1S/C14H18O/c1-9(2)13-7-12-5-4-11(10(3)15)6-14(12)8-13/h4-6,9,13H,7-8H2,1-3H3/t13-/m0/s1. The van der Waals surface area contributed by atoms with Crippen LogP contribution in [-0.4, -0.2) is 5.78 Å². The lowest BCUT2D eigenvalue weighted by Crippen LogP contribution is -2.07. The Morgan fingerprint density at radius 3 is 2.53 bits per heavy atom. The summed E-state index contributed by atoms with van der Waals surface area (Å²) in [7, 11) is 0. The van der Waals surface area contributed by atoms with Crippen LogP contribution in [0.2, 0.25) is 0 Å². The normalized spacial score (nSPS) is 19.3. The SMILES string of the molecule is CC(=O)c1ccc2c(c1)C[C@@H](C(C)C)C2. The maximum absolute atomic E-state index is 11.3. The highest BCUT2D eigenvalue weighted by Crippen LogP contribution is 2.31. The van der Waals surface area contributed by atoms with Crippen molar-refractivity contribution in [2.45, 2.75) is 33.6 Å². The largest absolute Gasteiger partial charge is 0.295 e. The molecule has 0 unspecified atom stereocenters. The topological polar surface area (TPSA) is 17.1 Å². The summed E-state index contributed by atoms with van der Waals surface area (Å²) in [6.45, 7) is 6.20. The average molecular weight is 202 g/mol. The first-order valence-corrected chi connectivity index (χ1v) is 5.70. The van der Waals surface area contributed by atoms with Crippen LogP contribution < -0.4 is 0 Å². The fourth-order valence-electron chi connectivity index (χ4n) is 2.34. The Bertz CT molecular complexity index is 390. The van der Waals surface area contributed by atoms with Crippen molar-refractivity contribution in [3.63, 3.8) is 0 Å². The Hall–Kier alpha value is -1.11. The zero-order valence-electron chi connectivity index (χ0n) is 9.71. The van der Waals surface area contributed by atoms with Crippen molar-refractivity contribution in [2.75, 3.05) is 0 Å². The molecule has 0 aromatic heterocycles. The first kappa shape index (κ1) is 10.4. The zero-order valence-corrected chi connectivity index (χ0v) is 9.71. The Balaban J connectivity index is 2.27. The fraction of sp³-hybridized carbons (Fsp3) is 0.500. The molecule has 1 heteroatoms. The second-order valence-electron chi connectivity index (χ2n) is 4.95. The molecule has 0 radical (unpaired) electrons. The molecule has 0 aliphatic heterocycles. The van der Waals surface area contributed by atoms with Gasteiger partial charge in [0.2, 0.25) is 0 Å². The van der Waals surface area contributed by atoms with E-state index < -0.39 is 0 Å². The van der Waals surface area contributed by atoms with Gasteiger partial charge in [-0.1, -0.05) is 26.0 Å². The van der Waals surface area contributed by atoms with Crippen LogP contribution in [0, 0.1) is 11.8 Å². The van der Waals surface area contributed by atoms with Crippen LogP contribution in [0.15, 0.2) is 18.2 Å². The predicted molar refractivity (Wildman–Crippen MR) is 62.2 cm³/mol. The molecular weight excluding hydrogens is 184 g/mol. The summed E-state index contributed by atoms with van der Waals surface area (Å²) in [5.74, 6) is 1.67. The number of carbonyl (C=O) groups excluding carboxylic acids is 1. The number of carbonyl (C=O) groups is 1. The summed E-state index contributed by atoms with van der Waals surface area (Å²) in [6.07, 6.45) is 2.33. The van der Waals surface area contributed by atoms with E-state index in [1.54, 1.807) is 6.92 Å². The van der Waals surface area contributed by atoms with Crippen LogP contribution in [0.3, 0.4) is 0 Å². The molecule has 1 atom stereocenters. The smallest absolute Gasteiger partial charge is 0.159 e. The predicted octanol–water partition coefficient (Wildman–Crippen LogP) is 3.26. The van der Waals surface area contributed by atoms with Crippen LogP contribution in [0.25, 0.3) is 0 Å². The van der Waals surface area contributed by atoms with Gasteiger partial charge in [0.15, 0.2) is 5.78 Å². The highest BCUT2D eigenvalue weighted by atomic mass is 16.1. The molecule has 1 aromatic carbocycles. The van der Waals surface area contributed by atoms with E-state index >= 15 is 0 Å². The zero-order chi connectivity index (χ0) is 11.0. The van der Waals surface area contributed by atoms with Gasteiger partial charge >= 0.3 is 0 Å². The molecule has 1 nitrogen and oxygen atoms in total. The quantitative estimate of drug-likeness (QED) is 0.673. The van der Waals surface area contributed by atoms with Gasteiger partial charge in [-0.2, -0.15) is 0 Å². The lowest BCUT2D eigenvalue weighted by Gasteiger charge is -2.12. The van der Waals surface area contributed by atoms with Crippen LogP contribution in [0.4, 0.5) is 0 Å². The summed E-state index contributed by atoms with van der Waals surface area (Å²) < 4.78 is 0.